The third kappa shape index (κ3) is 2.66. The molecule has 0 radical (unpaired) electrons. The summed E-state index contributed by atoms with van der Waals surface area (Å²) in [6.07, 6.45) is 0. The average molecular weight is 279 g/mol. The number of benzene rings is 3. The Kier molecular flexibility index (Phi) is 3.66. The highest BCUT2D eigenvalue weighted by Crippen LogP contribution is 2.31. The molecule has 0 bridgehead atoms. The lowest BCUT2D eigenvalue weighted by atomic mass is 10.1. The summed E-state index contributed by atoms with van der Waals surface area (Å²) in [4.78, 5) is 1.16. The first-order valence-corrected chi connectivity index (χ1v) is 7.68. The molecule has 3 rings (SSSR count). The number of anilines is 1. The van der Waals surface area contributed by atoms with Gasteiger partial charge in [-0.3, -0.25) is 0 Å². The van der Waals surface area contributed by atoms with E-state index in [-0.39, 0.29) is 0 Å². The van der Waals surface area contributed by atoms with Crippen molar-refractivity contribution in [2.24, 2.45) is 0 Å². The predicted molar refractivity (Wildman–Crippen MR) is 89.1 cm³/mol. The Morgan fingerprint density at radius 2 is 1.75 bits per heavy atom. The molecule has 0 aliphatic rings. The van der Waals surface area contributed by atoms with Gasteiger partial charge in [0.05, 0.1) is 0 Å². The van der Waals surface area contributed by atoms with Crippen molar-refractivity contribution in [1.29, 1.82) is 0 Å². The second-order valence-electron chi connectivity index (χ2n) is 4.97. The standard InChI is InChI=1S/C18H17NS/c1-13-9-10-18(17(19)11-13)20-12-15-7-4-6-14-5-2-3-8-16(14)15/h2-11H,12,19H2,1H3. The Hall–Kier alpha value is -1.93. The monoisotopic (exact) mass is 279 g/mol. The highest BCUT2D eigenvalue weighted by molar-refractivity contribution is 7.98. The smallest absolute Gasteiger partial charge is 0.0454 e. The molecule has 0 fully saturated rings. The largest absolute Gasteiger partial charge is 0.398 e. The number of aryl methyl sites for hydroxylation is 1. The Morgan fingerprint density at radius 3 is 2.60 bits per heavy atom. The lowest BCUT2D eigenvalue weighted by Crippen LogP contribution is -1.90. The van der Waals surface area contributed by atoms with Crippen molar-refractivity contribution in [1.82, 2.24) is 0 Å². The molecule has 0 unspecified atom stereocenters. The summed E-state index contributed by atoms with van der Waals surface area (Å²) in [5.41, 5.74) is 9.51. The van der Waals surface area contributed by atoms with Crippen LogP contribution in [0.2, 0.25) is 0 Å². The van der Waals surface area contributed by atoms with E-state index in [9.17, 15) is 0 Å². The van der Waals surface area contributed by atoms with Crippen LogP contribution < -0.4 is 5.73 Å². The molecule has 0 amide bonds. The highest BCUT2D eigenvalue weighted by Gasteiger charge is 2.04. The van der Waals surface area contributed by atoms with Crippen LogP contribution in [0.1, 0.15) is 11.1 Å². The molecule has 0 aliphatic heterocycles. The van der Waals surface area contributed by atoms with Crippen molar-refractivity contribution < 1.29 is 0 Å². The average Bonchev–Trinajstić information content (AvgIpc) is 2.46. The molecule has 3 aromatic carbocycles. The fourth-order valence-electron chi connectivity index (χ4n) is 2.37. The number of nitrogens with two attached hydrogens (primary N) is 1. The minimum atomic E-state index is 0.871. The maximum absolute atomic E-state index is 6.08. The molecule has 3 aromatic rings. The van der Waals surface area contributed by atoms with Crippen molar-refractivity contribution >= 4 is 28.2 Å². The zero-order valence-electron chi connectivity index (χ0n) is 11.5. The molecule has 0 aromatic heterocycles. The third-order valence-corrected chi connectivity index (χ3v) is 4.57. The zero-order valence-corrected chi connectivity index (χ0v) is 12.3. The Labute approximate surface area is 123 Å². The van der Waals surface area contributed by atoms with Gasteiger partial charge in [-0.2, -0.15) is 0 Å². The predicted octanol–water partition coefficient (Wildman–Crippen LogP) is 5.02. The summed E-state index contributed by atoms with van der Waals surface area (Å²) in [5, 5.41) is 2.62. The fourth-order valence-corrected chi connectivity index (χ4v) is 3.33. The Balaban J connectivity index is 1.87. The molecule has 20 heavy (non-hydrogen) atoms. The van der Waals surface area contributed by atoms with Crippen LogP contribution in [-0.2, 0) is 5.75 Å². The van der Waals surface area contributed by atoms with E-state index in [0.29, 0.717) is 0 Å². The topological polar surface area (TPSA) is 26.0 Å². The van der Waals surface area contributed by atoms with Gasteiger partial charge in [0.15, 0.2) is 0 Å². The number of hydrogen-bond donors (Lipinski definition) is 1. The van der Waals surface area contributed by atoms with Crippen LogP contribution in [0.25, 0.3) is 10.8 Å². The summed E-state index contributed by atoms with van der Waals surface area (Å²) in [6, 6.07) is 21.2. The summed E-state index contributed by atoms with van der Waals surface area (Å²) in [7, 11) is 0. The number of fused-ring (bicyclic) bond motifs is 1. The van der Waals surface area contributed by atoms with Gasteiger partial charge in [-0.25, -0.2) is 0 Å². The summed E-state index contributed by atoms with van der Waals surface area (Å²) in [6.45, 7) is 2.06. The molecule has 2 N–H and O–H groups in total. The normalized spacial score (nSPS) is 10.8. The van der Waals surface area contributed by atoms with Crippen LogP contribution in [0.5, 0.6) is 0 Å². The first-order chi connectivity index (χ1) is 9.74. The van der Waals surface area contributed by atoms with Gasteiger partial charge in [0.25, 0.3) is 0 Å². The maximum atomic E-state index is 6.08. The van der Waals surface area contributed by atoms with Crippen molar-refractivity contribution in [3.8, 4) is 0 Å². The lowest BCUT2D eigenvalue weighted by Gasteiger charge is -2.08. The van der Waals surface area contributed by atoms with E-state index >= 15 is 0 Å². The van der Waals surface area contributed by atoms with E-state index in [4.69, 9.17) is 5.73 Å². The second kappa shape index (κ2) is 5.59. The number of rotatable bonds is 3. The van der Waals surface area contributed by atoms with Gasteiger partial charge in [-0.15, -0.1) is 11.8 Å². The van der Waals surface area contributed by atoms with Gasteiger partial charge in [0, 0.05) is 16.3 Å². The molecule has 0 atom stereocenters. The molecule has 0 saturated carbocycles. The summed E-state index contributed by atoms with van der Waals surface area (Å²) < 4.78 is 0. The molecule has 0 spiro atoms. The molecule has 1 nitrogen and oxygen atoms in total. The third-order valence-electron chi connectivity index (χ3n) is 3.43. The fraction of sp³-hybridized carbons (Fsp3) is 0.111. The van der Waals surface area contributed by atoms with Crippen LogP contribution in [0.15, 0.2) is 65.6 Å². The minimum absolute atomic E-state index is 0.871. The van der Waals surface area contributed by atoms with Crippen LogP contribution >= 0.6 is 11.8 Å². The zero-order chi connectivity index (χ0) is 13.9. The van der Waals surface area contributed by atoms with E-state index in [2.05, 4.69) is 61.5 Å². The van der Waals surface area contributed by atoms with E-state index in [1.54, 1.807) is 11.8 Å². The SMILES string of the molecule is Cc1ccc(SCc2cccc3ccccc23)c(N)c1. The van der Waals surface area contributed by atoms with Gasteiger partial charge < -0.3 is 5.73 Å². The molecular formula is C18H17NS. The second-order valence-corrected chi connectivity index (χ2v) is 5.99. The molecular weight excluding hydrogens is 262 g/mol. The summed E-state index contributed by atoms with van der Waals surface area (Å²) in [5.74, 6) is 0.939. The van der Waals surface area contributed by atoms with Gasteiger partial charge in [-0.1, -0.05) is 48.5 Å². The quantitative estimate of drug-likeness (QED) is 0.538. The van der Waals surface area contributed by atoms with Gasteiger partial charge in [-0.05, 0) is 41.0 Å². The van der Waals surface area contributed by atoms with Crippen LogP contribution in [-0.4, -0.2) is 0 Å². The number of thioether (sulfide) groups is 1. The highest BCUT2D eigenvalue weighted by atomic mass is 32.2. The van der Waals surface area contributed by atoms with Crippen molar-refractivity contribution in [3.63, 3.8) is 0 Å². The van der Waals surface area contributed by atoms with Gasteiger partial charge in [0.1, 0.15) is 0 Å². The molecule has 0 heterocycles. The molecule has 2 heteroatoms. The first-order valence-electron chi connectivity index (χ1n) is 6.69. The molecule has 0 aliphatic carbocycles. The first kappa shape index (κ1) is 13.1. The van der Waals surface area contributed by atoms with Crippen molar-refractivity contribution in [2.75, 3.05) is 5.73 Å². The van der Waals surface area contributed by atoms with Crippen LogP contribution in [0, 0.1) is 6.92 Å². The lowest BCUT2D eigenvalue weighted by molar-refractivity contribution is 1.36. The van der Waals surface area contributed by atoms with Crippen molar-refractivity contribution in [3.05, 3.63) is 71.8 Å². The molecule has 0 saturated heterocycles. The van der Waals surface area contributed by atoms with Crippen LogP contribution in [0.3, 0.4) is 0 Å². The van der Waals surface area contributed by atoms with Gasteiger partial charge >= 0.3 is 0 Å². The Bertz CT molecular complexity index is 744. The maximum Gasteiger partial charge on any atom is 0.0454 e. The number of hydrogen-bond acceptors (Lipinski definition) is 2. The van der Waals surface area contributed by atoms with E-state index < -0.39 is 0 Å². The van der Waals surface area contributed by atoms with E-state index in [1.807, 2.05) is 6.07 Å². The summed E-state index contributed by atoms with van der Waals surface area (Å²) >= 11 is 1.80. The molecule has 100 valence electrons. The minimum Gasteiger partial charge on any atom is -0.398 e. The van der Waals surface area contributed by atoms with Crippen LogP contribution in [0.4, 0.5) is 5.69 Å². The van der Waals surface area contributed by atoms with E-state index in [1.165, 1.54) is 21.9 Å². The number of nitrogen functional groups attached to an aromatic ring is 1. The van der Waals surface area contributed by atoms with Crippen molar-refractivity contribution in [2.45, 2.75) is 17.6 Å². The van der Waals surface area contributed by atoms with Gasteiger partial charge in [0.2, 0.25) is 0 Å². The van der Waals surface area contributed by atoms with E-state index in [0.717, 1.165) is 16.3 Å². The Morgan fingerprint density at radius 1 is 0.950 bits per heavy atom.